The topological polar surface area (TPSA) is 62.1 Å². The fraction of sp³-hybridized carbons (Fsp3) is 0.923. The molecule has 6 nitrogen and oxygen atoms in total. The van der Waals surface area contributed by atoms with Gasteiger partial charge in [0.1, 0.15) is 0 Å². The first-order chi connectivity index (χ1) is 9.81. The molecule has 20 heavy (non-hydrogen) atoms. The molecule has 0 amide bonds. The molecule has 1 aromatic rings. The summed E-state index contributed by atoms with van der Waals surface area (Å²) in [6.45, 7) is 2.75. The normalized spacial score (nSPS) is 11.4. The largest absolute Gasteiger partial charge is 0.354 e. The predicted octanol–water partition coefficient (Wildman–Crippen LogP) is 2.74. The van der Waals surface area contributed by atoms with Crippen LogP contribution in [0.15, 0.2) is 5.16 Å². The Kier molecular flexibility index (Phi) is 9.61. The van der Waals surface area contributed by atoms with Crippen molar-refractivity contribution in [3.05, 3.63) is 0 Å². The summed E-state index contributed by atoms with van der Waals surface area (Å²) < 4.78 is 12.1. The van der Waals surface area contributed by atoms with Gasteiger partial charge in [-0.15, -0.1) is 5.10 Å². The van der Waals surface area contributed by atoms with E-state index in [1.165, 1.54) is 38.5 Å². The Morgan fingerprint density at radius 1 is 1.10 bits per heavy atom. The van der Waals surface area contributed by atoms with Crippen LogP contribution in [-0.4, -0.2) is 46.5 Å². The van der Waals surface area contributed by atoms with E-state index in [2.05, 4.69) is 22.4 Å². The molecule has 0 saturated carbocycles. The highest BCUT2D eigenvalue weighted by molar-refractivity contribution is 7.99. The van der Waals surface area contributed by atoms with Gasteiger partial charge in [-0.2, -0.15) is 0 Å². The zero-order chi connectivity index (χ0) is 14.6. The van der Waals surface area contributed by atoms with E-state index in [0.717, 1.165) is 10.9 Å². The third-order valence-electron chi connectivity index (χ3n) is 3.08. The molecule has 1 rings (SSSR count). The average molecular weight is 302 g/mol. The van der Waals surface area contributed by atoms with Crippen molar-refractivity contribution in [2.24, 2.45) is 0 Å². The van der Waals surface area contributed by atoms with Crippen molar-refractivity contribution in [2.45, 2.75) is 63.4 Å². The van der Waals surface area contributed by atoms with Crippen LogP contribution in [0, 0.1) is 0 Å². The monoisotopic (exact) mass is 302 g/mol. The minimum Gasteiger partial charge on any atom is -0.354 e. The van der Waals surface area contributed by atoms with Gasteiger partial charge in [-0.1, -0.05) is 50.8 Å². The zero-order valence-electron chi connectivity index (χ0n) is 12.7. The number of thioether (sulfide) groups is 1. The molecule has 0 saturated heterocycles. The molecular weight excluding hydrogens is 276 g/mol. The lowest BCUT2D eigenvalue weighted by Crippen LogP contribution is -2.21. The molecule has 0 fully saturated rings. The summed E-state index contributed by atoms with van der Waals surface area (Å²) in [6.07, 6.45) is 7.50. The smallest absolute Gasteiger partial charge is 0.209 e. The minimum atomic E-state index is -0.313. The summed E-state index contributed by atoms with van der Waals surface area (Å²) in [5.74, 6) is 1.05. The molecule has 0 atom stereocenters. The van der Waals surface area contributed by atoms with Gasteiger partial charge in [0.2, 0.25) is 5.16 Å². The number of ether oxygens (including phenoxy) is 2. The van der Waals surface area contributed by atoms with Crippen LogP contribution >= 0.6 is 11.8 Å². The maximum absolute atomic E-state index is 5.16. The van der Waals surface area contributed by atoms with Crippen LogP contribution in [0.5, 0.6) is 0 Å². The summed E-state index contributed by atoms with van der Waals surface area (Å²) in [7, 11) is 3.23. The van der Waals surface area contributed by atoms with E-state index >= 15 is 0 Å². The maximum atomic E-state index is 5.16. The molecule has 0 aromatic carbocycles. The van der Waals surface area contributed by atoms with Crippen LogP contribution < -0.4 is 0 Å². The molecule has 0 aliphatic heterocycles. The van der Waals surface area contributed by atoms with Gasteiger partial charge < -0.3 is 9.47 Å². The van der Waals surface area contributed by atoms with Gasteiger partial charge in [0.15, 0.2) is 6.29 Å². The van der Waals surface area contributed by atoms with E-state index in [1.807, 2.05) is 0 Å². The molecule has 1 heterocycles. The second kappa shape index (κ2) is 11.0. The molecule has 0 aliphatic rings. The lowest BCUT2D eigenvalue weighted by atomic mass is 10.1. The van der Waals surface area contributed by atoms with Crippen LogP contribution in [0.3, 0.4) is 0 Å². The number of aromatic nitrogens is 4. The van der Waals surface area contributed by atoms with Gasteiger partial charge in [-0.3, -0.25) is 0 Å². The molecule has 0 bridgehead atoms. The Hall–Kier alpha value is -0.660. The van der Waals surface area contributed by atoms with Crippen molar-refractivity contribution in [2.75, 3.05) is 20.0 Å². The number of hydrogen-bond donors (Lipinski definition) is 0. The van der Waals surface area contributed by atoms with Gasteiger partial charge in [-0.25, -0.2) is 4.68 Å². The van der Waals surface area contributed by atoms with Crippen LogP contribution in [-0.2, 0) is 16.0 Å². The van der Waals surface area contributed by atoms with Gasteiger partial charge in [0, 0.05) is 20.0 Å². The highest BCUT2D eigenvalue weighted by atomic mass is 32.2. The highest BCUT2D eigenvalue weighted by Gasteiger charge is 2.12. The Morgan fingerprint density at radius 2 is 1.80 bits per heavy atom. The molecule has 0 spiro atoms. The Morgan fingerprint density at radius 3 is 2.50 bits per heavy atom. The number of nitrogens with zero attached hydrogens (tertiary/aromatic N) is 4. The molecule has 1 aromatic heterocycles. The molecule has 0 radical (unpaired) electrons. The van der Waals surface area contributed by atoms with Gasteiger partial charge in [0.25, 0.3) is 0 Å². The number of tetrazole rings is 1. The minimum absolute atomic E-state index is 0.313. The van der Waals surface area contributed by atoms with Crippen molar-refractivity contribution >= 4 is 11.8 Å². The van der Waals surface area contributed by atoms with Gasteiger partial charge in [-0.05, 0) is 16.8 Å². The van der Waals surface area contributed by atoms with Crippen LogP contribution in [0.2, 0.25) is 0 Å². The van der Waals surface area contributed by atoms with E-state index in [1.54, 1.807) is 30.7 Å². The molecule has 0 N–H and O–H groups in total. The molecule has 116 valence electrons. The Balaban J connectivity index is 2.22. The first-order valence-electron chi connectivity index (χ1n) is 7.26. The SMILES string of the molecule is CCCCCCCCSc1nnnn1CC(OC)OC. The summed E-state index contributed by atoms with van der Waals surface area (Å²) in [5.41, 5.74) is 0. The molecule has 7 heteroatoms. The summed E-state index contributed by atoms with van der Waals surface area (Å²) in [4.78, 5) is 0. The molecular formula is C13H26N4O2S. The Labute approximate surface area is 125 Å². The van der Waals surface area contributed by atoms with Crippen molar-refractivity contribution in [1.29, 1.82) is 0 Å². The van der Waals surface area contributed by atoms with Crippen molar-refractivity contribution in [3.63, 3.8) is 0 Å². The first kappa shape index (κ1) is 17.4. The van der Waals surface area contributed by atoms with E-state index in [9.17, 15) is 0 Å². The standard InChI is InChI=1S/C13H26N4O2S/c1-4-5-6-7-8-9-10-20-13-14-15-16-17(13)11-12(18-2)19-3/h12H,4-11H2,1-3H3. The second-order valence-corrected chi connectivity index (χ2v) is 5.72. The number of rotatable bonds is 12. The van der Waals surface area contributed by atoms with Gasteiger partial charge >= 0.3 is 0 Å². The van der Waals surface area contributed by atoms with Crippen molar-refractivity contribution in [3.8, 4) is 0 Å². The summed E-state index contributed by atoms with van der Waals surface area (Å²) in [5, 5.41) is 12.6. The quantitative estimate of drug-likeness (QED) is 0.336. The van der Waals surface area contributed by atoms with E-state index in [0.29, 0.717) is 6.54 Å². The third kappa shape index (κ3) is 6.67. The highest BCUT2D eigenvalue weighted by Crippen LogP contribution is 2.17. The van der Waals surface area contributed by atoms with E-state index in [-0.39, 0.29) is 6.29 Å². The fourth-order valence-corrected chi connectivity index (χ4v) is 2.73. The number of methoxy groups -OCH3 is 2. The van der Waals surface area contributed by atoms with Crippen molar-refractivity contribution in [1.82, 2.24) is 20.2 Å². The summed E-state index contributed by atoms with van der Waals surface area (Å²) in [6, 6.07) is 0. The van der Waals surface area contributed by atoms with Crippen LogP contribution in [0.4, 0.5) is 0 Å². The maximum Gasteiger partial charge on any atom is 0.209 e. The molecule has 0 aliphatic carbocycles. The van der Waals surface area contributed by atoms with Crippen LogP contribution in [0.25, 0.3) is 0 Å². The lowest BCUT2D eigenvalue weighted by Gasteiger charge is -2.13. The number of unbranched alkanes of at least 4 members (excludes halogenated alkanes) is 5. The average Bonchev–Trinajstić information content (AvgIpc) is 2.91. The second-order valence-electron chi connectivity index (χ2n) is 4.66. The van der Waals surface area contributed by atoms with E-state index < -0.39 is 0 Å². The fourth-order valence-electron chi connectivity index (χ4n) is 1.85. The Bertz CT molecular complexity index is 345. The first-order valence-corrected chi connectivity index (χ1v) is 8.25. The summed E-state index contributed by atoms with van der Waals surface area (Å²) >= 11 is 1.70. The molecule has 0 unspecified atom stereocenters. The third-order valence-corrected chi connectivity index (χ3v) is 4.12. The predicted molar refractivity (Wildman–Crippen MR) is 79.7 cm³/mol. The van der Waals surface area contributed by atoms with E-state index in [4.69, 9.17) is 9.47 Å². The zero-order valence-corrected chi connectivity index (χ0v) is 13.6. The van der Waals surface area contributed by atoms with Crippen LogP contribution in [0.1, 0.15) is 45.4 Å². The van der Waals surface area contributed by atoms with Gasteiger partial charge in [0.05, 0.1) is 6.54 Å². The lowest BCUT2D eigenvalue weighted by molar-refractivity contribution is -0.113. The number of hydrogen-bond acceptors (Lipinski definition) is 6. The van der Waals surface area contributed by atoms with Crippen molar-refractivity contribution < 1.29 is 9.47 Å².